The summed E-state index contributed by atoms with van der Waals surface area (Å²) in [5, 5.41) is 0. The Morgan fingerprint density at radius 1 is 0.737 bits per heavy atom. The fourth-order valence-corrected chi connectivity index (χ4v) is 4.89. The molecule has 6 aliphatic carbocycles. The van der Waals surface area contributed by atoms with Gasteiger partial charge in [-0.05, 0) is 11.8 Å². The maximum absolute atomic E-state index is 2.53. The molecule has 104 valence electrons. The van der Waals surface area contributed by atoms with Crippen LogP contribution in [0.25, 0.3) is 0 Å². The molecule has 6 rings (SSSR count). The van der Waals surface area contributed by atoms with Gasteiger partial charge in [0.25, 0.3) is 0 Å². The smallest absolute Gasteiger partial charge is 0.325 e. The zero-order chi connectivity index (χ0) is 13.0. The van der Waals surface area contributed by atoms with E-state index < -0.39 is 0 Å². The summed E-state index contributed by atoms with van der Waals surface area (Å²) in [6.45, 7) is 9.67. The average Bonchev–Trinajstić information content (AvgIpc) is 2.41. The van der Waals surface area contributed by atoms with Crippen LogP contribution in [0.15, 0.2) is 0 Å². The third-order valence-electron chi connectivity index (χ3n) is 7.03. The van der Waals surface area contributed by atoms with Gasteiger partial charge < -0.3 is 12.8 Å². The van der Waals surface area contributed by atoms with E-state index in [9.17, 15) is 0 Å². The van der Waals surface area contributed by atoms with Gasteiger partial charge >= 0.3 is 19.5 Å². The van der Waals surface area contributed by atoms with Gasteiger partial charge in [-0.15, -0.1) is 0 Å². The summed E-state index contributed by atoms with van der Waals surface area (Å²) < 4.78 is 0. The van der Waals surface area contributed by atoms with Crippen molar-refractivity contribution in [3.05, 3.63) is 12.8 Å². The summed E-state index contributed by atoms with van der Waals surface area (Å²) >= 11 is 0. The van der Waals surface area contributed by atoms with E-state index in [0.717, 1.165) is 23.7 Å². The van der Waals surface area contributed by atoms with Crippen molar-refractivity contribution in [1.29, 1.82) is 0 Å². The van der Waals surface area contributed by atoms with Gasteiger partial charge in [-0.1, -0.05) is 64.2 Å². The first-order valence-electron chi connectivity index (χ1n) is 8.09. The van der Waals surface area contributed by atoms with Crippen LogP contribution in [0, 0.1) is 47.3 Å². The number of fused-ring (bicyclic) bond motifs is 4. The second-order valence-corrected chi connectivity index (χ2v) is 8.35. The van der Waals surface area contributed by atoms with Crippen molar-refractivity contribution >= 4 is 0 Å². The molecular weight excluding hydrogens is 282 g/mol. The molecular formula is C18H30Zn. The Morgan fingerprint density at radius 3 is 1.21 bits per heavy atom. The Bertz CT molecular complexity index is 254. The van der Waals surface area contributed by atoms with Crippen LogP contribution in [0.3, 0.4) is 0 Å². The molecule has 1 heteroatoms. The van der Waals surface area contributed by atoms with Crippen molar-refractivity contribution < 1.29 is 19.5 Å². The molecule has 4 bridgehead atoms. The van der Waals surface area contributed by atoms with Gasteiger partial charge in [0.15, 0.2) is 0 Å². The molecule has 0 spiro atoms. The molecule has 0 nitrogen and oxygen atoms in total. The number of hydrogen-bond donors (Lipinski definition) is 0. The van der Waals surface area contributed by atoms with Crippen LogP contribution < -0.4 is 0 Å². The van der Waals surface area contributed by atoms with E-state index >= 15 is 0 Å². The van der Waals surface area contributed by atoms with Crippen molar-refractivity contribution in [2.45, 2.75) is 66.2 Å². The van der Waals surface area contributed by atoms with E-state index in [-0.39, 0.29) is 19.5 Å². The minimum absolute atomic E-state index is 0. The minimum Gasteiger partial charge on any atom is -0.325 e. The van der Waals surface area contributed by atoms with E-state index in [1.807, 2.05) is 0 Å². The Hall–Kier alpha value is 0.623. The summed E-state index contributed by atoms with van der Waals surface area (Å²) in [7, 11) is 0. The van der Waals surface area contributed by atoms with E-state index in [0.29, 0.717) is 10.8 Å². The van der Waals surface area contributed by atoms with Gasteiger partial charge in [-0.25, -0.2) is 0 Å². The molecule has 6 aliphatic rings. The van der Waals surface area contributed by atoms with Crippen LogP contribution in [-0.4, -0.2) is 0 Å². The fourth-order valence-electron chi connectivity index (χ4n) is 4.89. The zero-order valence-electron chi connectivity index (χ0n) is 13.4. The van der Waals surface area contributed by atoms with Gasteiger partial charge in [-0.3, -0.25) is 0 Å². The van der Waals surface area contributed by atoms with Crippen LogP contribution in [0.1, 0.15) is 66.2 Å². The Morgan fingerprint density at radius 2 is 1.11 bits per heavy atom. The summed E-state index contributed by atoms with van der Waals surface area (Å²) in [6.07, 6.45) is 13.7. The molecule has 0 N–H and O–H groups in total. The van der Waals surface area contributed by atoms with Gasteiger partial charge in [0.2, 0.25) is 0 Å². The van der Waals surface area contributed by atoms with Crippen LogP contribution in [0.5, 0.6) is 0 Å². The zero-order valence-corrected chi connectivity index (χ0v) is 16.4. The fraction of sp³-hybridized carbons (Fsp3) is 0.889. The summed E-state index contributed by atoms with van der Waals surface area (Å²) in [5.74, 6) is 4.06. The first-order chi connectivity index (χ1) is 8.42. The predicted octanol–water partition coefficient (Wildman–Crippen LogP) is 5.29. The standard InChI is InChI=1S/2C9H15.Zn/c2*1-9(2)7-4-3-5-8(9)6-7;/h2*4,7-8H,3,5-6H2,1-2H3;/q2*-1;+2/t2*7-,8+;/m11./s1. The monoisotopic (exact) mass is 310 g/mol. The predicted molar refractivity (Wildman–Crippen MR) is 77.8 cm³/mol. The molecule has 6 fully saturated rings. The molecule has 0 saturated heterocycles. The van der Waals surface area contributed by atoms with Crippen molar-refractivity contribution in [3.8, 4) is 0 Å². The van der Waals surface area contributed by atoms with Gasteiger partial charge in [0.05, 0.1) is 0 Å². The van der Waals surface area contributed by atoms with Crippen LogP contribution >= 0.6 is 0 Å². The van der Waals surface area contributed by atoms with Crippen LogP contribution in [0.2, 0.25) is 0 Å². The molecule has 0 heterocycles. The number of rotatable bonds is 0. The molecule has 0 aliphatic heterocycles. The first kappa shape index (κ1) is 16.0. The van der Waals surface area contributed by atoms with Crippen molar-refractivity contribution in [2.24, 2.45) is 34.5 Å². The van der Waals surface area contributed by atoms with E-state index in [1.165, 1.54) is 38.5 Å². The average molecular weight is 312 g/mol. The first-order valence-corrected chi connectivity index (χ1v) is 8.09. The largest absolute Gasteiger partial charge is 2.00 e. The summed E-state index contributed by atoms with van der Waals surface area (Å²) in [4.78, 5) is 0. The third-order valence-corrected chi connectivity index (χ3v) is 7.03. The van der Waals surface area contributed by atoms with Crippen molar-refractivity contribution in [2.75, 3.05) is 0 Å². The van der Waals surface area contributed by atoms with E-state index in [2.05, 4.69) is 40.5 Å². The van der Waals surface area contributed by atoms with Crippen molar-refractivity contribution in [1.82, 2.24) is 0 Å². The number of hydrogen-bond acceptors (Lipinski definition) is 0. The van der Waals surface area contributed by atoms with Crippen LogP contribution in [0.4, 0.5) is 0 Å². The molecule has 0 aromatic heterocycles. The molecule has 0 unspecified atom stereocenters. The molecule has 0 radical (unpaired) electrons. The SMILES string of the molecule is CC1(C)[C@H]2CC[CH-][C@@H]1C2.CC1(C)[C@H]2CC[CH-][C@@H]1C2.[Zn+2]. The van der Waals surface area contributed by atoms with Gasteiger partial charge in [0, 0.05) is 0 Å². The van der Waals surface area contributed by atoms with Crippen molar-refractivity contribution in [3.63, 3.8) is 0 Å². The second-order valence-electron chi connectivity index (χ2n) is 8.35. The molecule has 4 atom stereocenters. The molecule has 0 aromatic carbocycles. The Kier molecular flexibility index (Phi) is 4.58. The van der Waals surface area contributed by atoms with Crippen LogP contribution in [-0.2, 0) is 19.5 Å². The Labute approximate surface area is 133 Å². The second kappa shape index (κ2) is 5.43. The maximum atomic E-state index is 2.53. The quantitative estimate of drug-likeness (QED) is 0.421. The summed E-state index contributed by atoms with van der Waals surface area (Å²) in [6, 6.07) is 0. The van der Waals surface area contributed by atoms with E-state index in [4.69, 9.17) is 0 Å². The maximum Gasteiger partial charge on any atom is 2.00 e. The molecule has 19 heavy (non-hydrogen) atoms. The molecule has 0 amide bonds. The third kappa shape index (κ3) is 2.58. The van der Waals surface area contributed by atoms with Gasteiger partial charge in [-0.2, -0.15) is 24.7 Å². The Balaban J connectivity index is 0.000000133. The topological polar surface area (TPSA) is 0 Å². The van der Waals surface area contributed by atoms with Gasteiger partial charge in [0.1, 0.15) is 0 Å². The summed E-state index contributed by atoms with van der Waals surface area (Å²) in [5.41, 5.74) is 1.36. The van der Waals surface area contributed by atoms with E-state index in [1.54, 1.807) is 0 Å². The molecule has 6 saturated carbocycles. The molecule has 0 aromatic rings. The minimum atomic E-state index is 0. The normalized spacial score (nSPS) is 43.6.